The maximum absolute atomic E-state index is 14.0. The maximum Gasteiger partial charge on any atom is 0.377 e. The number of hydrogen-bond donors (Lipinski definition) is 0. The second-order valence-electron chi connectivity index (χ2n) is 6.36. The first kappa shape index (κ1) is 21.8. The van der Waals surface area contributed by atoms with E-state index in [0.29, 0.717) is 15.1 Å². The molecule has 0 radical (unpaired) electrons. The molecule has 0 aliphatic carbocycles. The van der Waals surface area contributed by atoms with Gasteiger partial charge in [0.15, 0.2) is 11.6 Å². The summed E-state index contributed by atoms with van der Waals surface area (Å²) in [5.41, 5.74) is -1.35. The summed E-state index contributed by atoms with van der Waals surface area (Å²) in [6.07, 6.45) is 0. The quantitative estimate of drug-likeness (QED) is 0.344. The van der Waals surface area contributed by atoms with E-state index in [0.717, 1.165) is 23.2 Å². The number of hydrogen-bond acceptors (Lipinski definition) is 7. The zero-order valence-electron chi connectivity index (χ0n) is 16.8. The number of carbonyl (C=O) groups excluding carboxylic acids is 2. The predicted molar refractivity (Wildman–Crippen MR) is 105 cm³/mol. The van der Waals surface area contributed by atoms with Crippen LogP contribution in [0.1, 0.15) is 17.3 Å². The average molecular weight is 432 g/mol. The van der Waals surface area contributed by atoms with E-state index < -0.39 is 35.0 Å². The summed E-state index contributed by atoms with van der Waals surface area (Å²) < 4.78 is 33.7. The SMILES string of the molecule is CCOC(=O)c1ccc(N(C(=O)n2nnn(-c3c(F)cccc3F)c2=O)N(C)C)cc1. The molecule has 10 nitrogen and oxygen atoms in total. The third-order valence-electron chi connectivity index (χ3n) is 4.12. The normalized spacial score (nSPS) is 10.9. The molecule has 1 heterocycles. The lowest BCUT2D eigenvalue weighted by Crippen LogP contribution is -2.48. The lowest BCUT2D eigenvalue weighted by atomic mass is 10.2. The van der Waals surface area contributed by atoms with E-state index in [-0.39, 0.29) is 12.2 Å². The molecule has 1 aromatic heterocycles. The number of hydrazine groups is 1. The van der Waals surface area contributed by atoms with Crippen LogP contribution in [0.2, 0.25) is 0 Å². The number of carbonyl (C=O) groups is 2. The summed E-state index contributed by atoms with van der Waals surface area (Å²) in [4.78, 5) is 37.4. The van der Waals surface area contributed by atoms with Crippen molar-refractivity contribution in [1.29, 1.82) is 0 Å². The molecule has 0 atom stereocenters. The number of halogens is 2. The Morgan fingerprint density at radius 1 is 1.03 bits per heavy atom. The number of tetrazole rings is 1. The first-order valence-electron chi connectivity index (χ1n) is 9.04. The fraction of sp³-hybridized carbons (Fsp3) is 0.211. The Bertz CT molecular complexity index is 1150. The molecule has 2 aromatic carbocycles. The molecule has 12 heteroatoms. The standard InChI is InChI=1S/C19H18F2N6O4/c1-4-31-17(28)12-8-10-13(11-9-12)27(24(2)3)19(30)26-18(29)25(22-23-26)16-14(20)6-5-7-15(16)21/h5-11H,4H2,1-3H3. The Morgan fingerprint density at radius 2 is 1.65 bits per heavy atom. The second-order valence-corrected chi connectivity index (χ2v) is 6.36. The lowest BCUT2D eigenvalue weighted by Gasteiger charge is -2.27. The van der Waals surface area contributed by atoms with E-state index in [9.17, 15) is 23.2 Å². The smallest absolute Gasteiger partial charge is 0.377 e. The highest BCUT2D eigenvalue weighted by atomic mass is 19.1. The molecule has 0 fully saturated rings. The number of amides is 1. The molecular formula is C19H18F2N6O4. The Hall–Kier alpha value is -3.93. The Labute approximate surface area is 174 Å². The summed E-state index contributed by atoms with van der Waals surface area (Å²) in [5.74, 6) is -2.61. The lowest BCUT2D eigenvalue weighted by molar-refractivity contribution is 0.0526. The van der Waals surface area contributed by atoms with Gasteiger partial charge in [0.25, 0.3) is 0 Å². The van der Waals surface area contributed by atoms with Crippen molar-refractivity contribution in [3.63, 3.8) is 0 Å². The van der Waals surface area contributed by atoms with Crippen LogP contribution in [0, 0.1) is 11.6 Å². The van der Waals surface area contributed by atoms with Crippen LogP contribution in [0.4, 0.5) is 19.3 Å². The van der Waals surface area contributed by atoms with Gasteiger partial charge in [-0.15, -0.1) is 4.68 Å². The van der Waals surface area contributed by atoms with E-state index in [2.05, 4.69) is 10.4 Å². The van der Waals surface area contributed by atoms with Crippen molar-refractivity contribution in [2.75, 3.05) is 25.7 Å². The minimum absolute atomic E-state index is 0.212. The second kappa shape index (κ2) is 8.83. The largest absolute Gasteiger partial charge is 0.462 e. The Balaban J connectivity index is 1.98. The first-order chi connectivity index (χ1) is 14.8. The molecule has 0 aliphatic rings. The van der Waals surface area contributed by atoms with Gasteiger partial charge >= 0.3 is 17.7 Å². The summed E-state index contributed by atoms with van der Waals surface area (Å²) in [6.45, 7) is 1.89. The van der Waals surface area contributed by atoms with Gasteiger partial charge < -0.3 is 4.74 Å². The number of para-hydroxylation sites is 1. The highest BCUT2D eigenvalue weighted by Crippen LogP contribution is 2.18. The van der Waals surface area contributed by atoms with E-state index in [1.165, 1.54) is 43.4 Å². The van der Waals surface area contributed by atoms with Crippen LogP contribution in [-0.2, 0) is 4.74 Å². The zero-order valence-corrected chi connectivity index (χ0v) is 16.8. The van der Waals surface area contributed by atoms with Crippen LogP contribution in [-0.4, -0.2) is 57.5 Å². The highest BCUT2D eigenvalue weighted by Gasteiger charge is 2.26. The van der Waals surface area contributed by atoms with Crippen LogP contribution in [0.3, 0.4) is 0 Å². The van der Waals surface area contributed by atoms with Crippen molar-refractivity contribution in [2.45, 2.75) is 6.92 Å². The Morgan fingerprint density at radius 3 is 2.19 bits per heavy atom. The van der Waals surface area contributed by atoms with Crippen LogP contribution < -0.4 is 10.7 Å². The predicted octanol–water partition coefficient (Wildman–Crippen LogP) is 1.84. The monoisotopic (exact) mass is 432 g/mol. The van der Waals surface area contributed by atoms with E-state index in [4.69, 9.17) is 4.74 Å². The van der Waals surface area contributed by atoms with Crippen molar-refractivity contribution in [2.24, 2.45) is 0 Å². The molecule has 31 heavy (non-hydrogen) atoms. The minimum Gasteiger partial charge on any atom is -0.462 e. The maximum atomic E-state index is 14.0. The van der Waals surface area contributed by atoms with Gasteiger partial charge in [-0.3, -0.25) is 0 Å². The molecule has 162 valence electrons. The van der Waals surface area contributed by atoms with E-state index in [1.54, 1.807) is 6.92 Å². The van der Waals surface area contributed by atoms with Crippen molar-refractivity contribution in [1.82, 2.24) is 24.8 Å². The molecule has 0 N–H and O–H groups in total. The van der Waals surface area contributed by atoms with Crippen molar-refractivity contribution < 1.29 is 23.1 Å². The van der Waals surface area contributed by atoms with Gasteiger partial charge in [0, 0.05) is 14.1 Å². The number of ether oxygens (including phenoxy) is 1. The third-order valence-corrected chi connectivity index (χ3v) is 4.12. The first-order valence-corrected chi connectivity index (χ1v) is 9.04. The molecule has 0 spiro atoms. The van der Waals surface area contributed by atoms with Gasteiger partial charge in [0.2, 0.25) is 0 Å². The number of benzene rings is 2. The van der Waals surface area contributed by atoms with Gasteiger partial charge in [0.1, 0.15) is 5.69 Å². The molecule has 1 amide bonds. The van der Waals surface area contributed by atoms with Gasteiger partial charge in [-0.1, -0.05) is 6.07 Å². The number of rotatable bonds is 5. The summed E-state index contributed by atoms with van der Waals surface area (Å²) in [6, 6.07) is 7.90. The topological polar surface area (TPSA) is 103 Å². The van der Waals surface area contributed by atoms with Crippen LogP contribution in [0.25, 0.3) is 5.69 Å². The fourth-order valence-corrected chi connectivity index (χ4v) is 2.75. The highest BCUT2D eigenvalue weighted by molar-refractivity contribution is 5.93. The van der Waals surface area contributed by atoms with Crippen LogP contribution >= 0.6 is 0 Å². The number of anilines is 1. The molecule has 3 rings (SSSR count). The van der Waals surface area contributed by atoms with Crippen molar-refractivity contribution >= 4 is 17.7 Å². The van der Waals surface area contributed by atoms with Gasteiger partial charge in [-0.2, -0.15) is 4.68 Å². The molecule has 3 aromatic rings. The Kier molecular flexibility index (Phi) is 6.20. The molecule has 0 saturated heterocycles. The number of aromatic nitrogens is 4. The van der Waals surface area contributed by atoms with E-state index in [1.807, 2.05) is 0 Å². The van der Waals surface area contributed by atoms with Gasteiger partial charge in [-0.05, 0) is 53.7 Å². The van der Waals surface area contributed by atoms with Gasteiger partial charge in [-0.25, -0.2) is 33.2 Å². The molecule has 0 bridgehead atoms. The number of nitrogens with zero attached hydrogens (tertiary/aromatic N) is 6. The summed E-state index contributed by atoms with van der Waals surface area (Å²) in [5, 5.41) is 9.32. The average Bonchev–Trinajstić information content (AvgIpc) is 3.09. The van der Waals surface area contributed by atoms with Crippen molar-refractivity contribution in [3.8, 4) is 5.69 Å². The third kappa shape index (κ3) is 4.19. The zero-order chi connectivity index (χ0) is 22.7. The summed E-state index contributed by atoms with van der Waals surface area (Å²) >= 11 is 0. The summed E-state index contributed by atoms with van der Waals surface area (Å²) in [7, 11) is 3.06. The molecular weight excluding hydrogens is 414 g/mol. The van der Waals surface area contributed by atoms with Gasteiger partial charge in [0.05, 0.1) is 17.9 Å². The molecule has 0 saturated carbocycles. The molecule has 0 unspecified atom stereocenters. The fourth-order valence-electron chi connectivity index (χ4n) is 2.75. The molecule has 0 aliphatic heterocycles. The van der Waals surface area contributed by atoms with Crippen LogP contribution in [0.5, 0.6) is 0 Å². The van der Waals surface area contributed by atoms with Crippen molar-refractivity contribution in [3.05, 3.63) is 70.1 Å². The number of esters is 1. The van der Waals surface area contributed by atoms with Crippen LogP contribution in [0.15, 0.2) is 47.3 Å². The van der Waals surface area contributed by atoms with E-state index >= 15 is 0 Å². The minimum atomic E-state index is -1.16.